The molecule has 5 nitrogen and oxygen atoms in total. The van der Waals surface area contributed by atoms with Crippen molar-refractivity contribution >= 4 is 11.8 Å². The third-order valence-electron chi connectivity index (χ3n) is 4.61. The Morgan fingerprint density at radius 2 is 1.58 bits per heavy atom. The number of amides is 2. The number of nitrogens with one attached hydrogen (secondary N) is 2. The summed E-state index contributed by atoms with van der Waals surface area (Å²) in [6.07, 6.45) is 0.131. The van der Waals surface area contributed by atoms with Gasteiger partial charge in [0.25, 0.3) is 5.91 Å². The Morgan fingerprint density at radius 1 is 0.871 bits per heavy atom. The van der Waals surface area contributed by atoms with Gasteiger partial charge in [0.2, 0.25) is 5.91 Å². The van der Waals surface area contributed by atoms with Crippen LogP contribution in [-0.4, -0.2) is 32.0 Å². The third-order valence-corrected chi connectivity index (χ3v) is 4.61. The Kier molecular flexibility index (Phi) is 7.32. The smallest absolute Gasteiger partial charge is 0.251 e. The van der Waals surface area contributed by atoms with Gasteiger partial charge in [0.15, 0.2) is 0 Å². The zero-order chi connectivity index (χ0) is 22.2. The highest BCUT2D eigenvalue weighted by atomic mass is 19.1. The van der Waals surface area contributed by atoms with E-state index in [2.05, 4.69) is 10.6 Å². The molecular formula is C24H22F2N2O3. The fraction of sp³-hybridized carbons (Fsp3) is 0.167. The maximum absolute atomic E-state index is 13.7. The van der Waals surface area contributed by atoms with Crippen LogP contribution in [0, 0.1) is 11.6 Å². The van der Waals surface area contributed by atoms with E-state index in [1.165, 1.54) is 37.4 Å². The molecule has 2 amide bonds. The summed E-state index contributed by atoms with van der Waals surface area (Å²) in [7, 11) is 1.50. The van der Waals surface area contributed by atoms with Crippen molar-refractivity contribution in [3.63, 3.8) is 0 Å². The van der Waals surface area contributed by atoms with Crippen molar-refractivity contribution in [1.82, 2.24) is 10.6 Å². The summed E-state index contributed by atoms with van der Waals surface area (Å²) in [4.78, 5) is 24.4. The van der Waals surface area contributed by atoms with E-state index in [1.807, 2.05) is 0 Å². The molecule has 0 saturated carbocycles. The second-order valence-corrected chi connectivity index (χ2v) is 6.83. The molecule has 3 aromatic carbocycles. The van der Waals surface area contributed by atoms with Crippen molar-refractivity contribution in [2.45, 2.75) is 6.42 Å². The van der Waals surface area contributed by atoms with Gasteiger partial charge in [-0.25, -0.2) is 8.78 Å². The number of rotatable bonds is 8. The van der Waals surface area contributed by atoms with Gasteiger partial charge in [-0.1, -0.05) is 24.3 Å². The molecule has 0 heterocycles. The van der Waals surface area contributed by atoms with Crippen molar-refractivity contribution < 1.29 is 23.1 Å². The number of halogens is 2. The summed E-state index contributed by atoms with van der Waals surface area (Å²) in [6, 6.07) is 16.7. The second-order valence-electron chi connectivity index (χ2n) is 6.83. The number of hydrogen-bond donors (Lipinski definition) is 2. The minimum absolute atomic E-state index is 0.131. The lowest BCUT2D eigenvalue weighted by atomic mass is 10.0. The molecule has 0 unspecified atom stereocenters. The molecule has 0 fully saturated rings. The van der Waals surface area contributed by atoms with E-state index in [0.717, 1.165) is 0 Å². The van der Waals surface area contributed by atoms with Crippen LogP contribution in [0.4, 0.5) is 8.78 Å². The van der Waals surface area contributed by atoms with Gasteiger partial charge in [-0.05, 0) is 53.6 Å². The van der Waals surface area contributed by atoms with Crippen LogP contribution in [0.1, 0.15) is 15.9 Å². The molecule has 0 aromatic heterocycles. The molecule has 0 bridgehead atoms. The molecule has 3 rings (SSSR count). The Labute approximate surface area is 179 Å². The summed E-state index contributed by atoms with van der Waals surface area (Å²) in [5.41, 5.74) is 2.30. The first-order valence-corrected chi connectivity index (χ1v) is 9.69. The molecule has 0 spiro atoms. The Morgan fingerprint density at radius 3 is 2.32 bits per heavy atom. The minimum Gasteiger partial charge on any atom is -0.496 e. The molecule has 0 aliphatic carbocycles. The first-order valence-electron chi connectivity index (χ1n) is 9.69. The van der Waals surface area contributed by atoms with Gasteiger partial charge in [0, 0.05) is 24.2 Å². The lowest BCUT2D eigenvalue weighted by Gasteiger charge is -2.11. The zero-order valence-corrected chi connectivity index (χ0v) is 17.0. The Balaban J connectivity index is 1.53. The van der Waals surface area contributed by atoms with Crippen molar-refractivity contribution in [2.24, 2.45) is 0 Å². The fourth-order valence-corrected chi connectivity index (χ4v) is 3.06. The minimum atomic E-state index is -0.401. The van der Waals surface area contributed by atoms with E-state index in [1.54, 1.807) is 36.4 Å². The first-order chi connectivity index (χ1) is 15.0. The number of carbonyl (C=O) groups excluding carboxylic acids is 2. The summed E-state index contributed by atoms with van der Waals surface area (Å²) >= 11 is 0. The highest BCUT2D eigenvalue weighted by Crippen LogP contribution is 2.31. The average Bonchev–Trinajstić information content (AvgIpc) is 2.78. The van der Waals surface area contributed by atoms with Gasteiger partial charge in [0.1, 0.15) is 17.4 Å². The highest BCUT2D eigenvalue weighted by molar-refractivity contribution is 5.95. The van der Waals surface area contributed by atoms with Crippen LogP contribution in [0.3, 0.4) is 0 Å². The largest absolute Gasteiger partial charge is 0.496 e. The van der Waals surface area contributed by atoms with Crippen LogP contribution in [0.25, 0.3) is 11.1 Å². The number of methoxy groups -OCH3 is 1. The van der Waals surface area contributed by atoms with E-state index in [-0.39, 0.29) is 37.1 Å². The number of ether oxygens (including phenoxy) is 1. The lowest BCUT2D eigenvalue weighted by molar-refractivity contribution is -0.120. The SMILES string of the molecule is COc1ccc(F)cc1-c1cccc(C(=O)NCCNC(=O)Cc2ccc(F)cc2)c1. The standard InChI is InChI=1S/C24H22F2N2O3/c1-31-22-10-9-20(26)15-21(22)17-3-2-4-18(14-17)24(30)28-12-11-27-23(29)13-16-5-7-19(25)8-6-16/h2-10,14-15H,11-13H2,1H3,(H,27,29)(H,28,30). The number of carbonyl (C=O) groups is 2. The maximum Gasteiger partial charge on any atom is 0.251 e. The van der Waals surface area contributed by atoms with Gasteiger partial charge >= 0.3 is 0 Å². The average molecular weight is 424 g/mol. The van der Waals surface area contributed by atoms with Crippen molar-refractivity contribution in [1.29, 1.82) is 0 Å². The van der Waals surface area contributed by atoms with Crippen LogP contribution in [0.5, 0.6) is 5.75 Å². The molecule has 31 heavy (non-hydrogen) atoms. The first kappa shape index (κ1) is 22.0. The van der Waals surface area contributed by atoms with Gasteiger partial charge in [0.05, 0.1) is 13.5 Å². The van der Waals surface area contributed by atoms with Crippen LogP contribution >= 0.6 is 0 Å². The van der Waals surface area contributed by atoms with Crippen LogP contribution in [0.15, 0.2) is 66.7 Å². The number of hydrogen-bond acceptors (Lipinski definition) is 3. The van der Waals surface area contributed by atoms with Crippen LogP contribution < -0.4 is 15.4 Å². The third kappa shape index (κ3) is 6.12. The summed E-state index contributed by atoms with van der Waals surface area (Å²) in [5.74, 6) is -0.789. The van der Waals surface area contributed by atoms with Crippen LogP contribution in [-0.2, 0) is 11.2 Å². The maximum atomic E-state index is 13.7. The highest BCUT2D eigenvalue weighted by Gasteiger charge is 2.11. The molecule has 3 aromatic rings. The molecule has 2 N–H and O–H groups in total. The molecule has 7 heteroatoms. The Hall–Kier alpha value is -3.74. The van der Waals surface area contributed by atoms with E-state index >= 15 is 0 Å². The predicted octanol–water partition coefficient (Wildman–Crippen LogP) is 3.73. The molecule has 0 saturated heterocycles. The number of benzene rings is 3. The summed E-state index contributed by atoms with van der Waals surface area (Å²) in [5, 5.41) is 5.44. The van der Waals surface area contributed by atoms with Crippen molar-refractivity contribution in [3.8, 4) is 16.9 Å². The van der Waals surface area contributed by atoms with E-state index in [9.17, 15) is 18.4 Å². The lowest BCUT2D eigenvalue weighted by Crippen LogP contribution is -2.35. The van der Waals surface area contributed by atoms with Gasteiger partial charge in [-0.2, -0.15) is 0 Å². The quantitative estimate of drug-likeness (QED) is 0.542. The normalized spacial score (nSPS) is 10.4. The van der Waals surface area contributed by atoms with Gasteiger partial charge in [-0.3, -0.25) is 9.59 Å². The van der Waals surface area contributed by atoms with E-state index in [0.29, 0.717) is 28.0 Å². The van der Waals surface area contributed by atoms with Crippen molar-refractivity contribution in [2.75, 3.05) is 20.2 Å². The van der Waals surface area contributed by atoms with E-state index < -0.39 is 5.82 Å². The molecular weight excluding hydrogens is 402 g/mol. The van der Waals surface area contributed by atoms with E-state index in [4.69, 9.17) is 4.74 Å². The molecule has 160 valence electrons. The van der Waals surface area contributed by atoms with Gasteiger partial charge < -0.3 is 15.4 Å². The molecule has 0 atom stereocenters. The summed E-state index contributed by atoms with van der Waals surface area (Å²) in [6.45, 7) is 0.491. The molecule has 0 aliphatic heterocycles. The fourth-order valence-electron chi connectivity index (χ4n) is 3.06. The monoisotopic (exact) mass is 424 g/mol. The summed E-state index contributed by atoms with van der Waals surface area (Å²) < 4.78 is 31.8. The zero-order valence-electron chi connectivity index (χ0n) is 17.0. The van der Waals surface area contributed by atoms with Gasteiger partial charge in [-0.15, -0.1) is 0 Å². The molecule has 0 aliphatic rings. The molecule has 0 radical (unpaired) electrons. The topological polar surface area (TPSA) is 67.4 Å². The van der Waals surface area contributed by atoms with Crippen LogP contribution in [0.2, 0.25) is 0 Å². The second kappa shape index (κ2) is 10.3. The Bertz CT molecular complexity index is 1070. The van der Waals surface area contributed by atoms with Crippen molar-refractivity contribution in [3.05, 3.63) is 89.5 Å². The predicted molar refractivity (Wildman–Crippen MR) is 114 cm³/mol.